The fourth-order valence-electron chi connectivity index (χ4n) is 2.17. The van der Waals surface area contributed by atoms with E-state index in [1.54, 1.807) is 0 Å². The van der Waals surface area contributed by atoms with Gasteiger partial charge in [-0.15, -0.1) is 0 Å². The zero-order valence-corrected chi connectivity index (χ0v) is 12.9. The van der Waals surface area contributed by atoms with E-state index in [2.05, 4.69) is 32.1 Å². The molecule has 21 heavy (non-hydrogen) atoms. The van der Waals surface area contributed by atoms with E-state index in [9.17, 15) is 5.11 Å². The van der Waals surface area contributed by atoms with Crippen LogP contribution in [0.5, 0.6) is 0 Å². The molecule has 0 bridgehead atoms. The standard InChI is InChI=1S/C14H25N5O2/c1-3-5-12-16-13(15-11(4-2)10-20)18-14(17-12)19-6-8-21-9-7-19/h11,20H,3-10H2,1-2H3,(H,15,16,17,18). The molecule has 7 heteroatoms. The minimum absolute atomic E-state index is 0.0283. The van der Waals surface area contributed by atoms with Crippen LogP contribution >= 0.6 is 0 Å². The number of hydrogen-bond donors (Lipinski definition) is 2. The number of aliphatic hydroxyl groups excluding tert-OH is 1. The van der Waals surface area contributed by atoms with Crippen LogP contribution in [-0.4, -0.2) is 59.0 Å². The quantitative estimate of drug-likeness (QED) is 0.771. The lowest BCUT2D eigenvalue weighted by Gasteiger charge is -2.27. The topological polar surface area (TPSA) is 83.4 Å². The van der Waals surface area contributed by atoms with Gasteiger partial charge in [0.1, 0.15) is 5.82 Å². The lowest BCUT2D eigenvalue weighted by molar-refractivity contribution is 0.122. The molecule has 2 N–H and O–H groups in total. The Balaban J connectivity index is 2.20. The number of morpholine rings is 1. The normalized spacial score (nSPS) is 16.8. The Kier molecular flexibility index (Phi) is 6.13. The number of rotatable bonds is 7. The molecule has 2 rings (SSSR count). The van der Waals surface area contributed by atoms with Crippen LogP contribution in [0.3, 0.4) is 0 Å². The molecule has 1 aromatic rings. The molecule has 7 nitrogen and oxygen atoms in total. The van der Waals surface area contributed by atoms with Crippen molar-refractivity contribution >= 4 is 11.9 Å². The molecule has 1 fully saturated rings. The summed E-state index contributed by atoms with van der Waals surface area (Å²) in [6, 6.07) is -0.0283. The summed E-state index contributed by atoms with van der Waals surface area (Å²) < 4.78 is 5.37. The lowest BCUT2D eigenvalue weighted by atomic mass is 10.2. The van der Waals surface area contributed by atoms with Gasteiger partial charge in [-0.25, -0.2) is 0 Å². The van der Waals surface area contributed by atoms with E-state index in [4.69, 9.17) is 4.74 Å². The maximum atomic E-state index is 9.32. The first-order chi connectivity index (χ1) is 10.3. The third-order valence-corrected chi connectivity index (χ3v) is 3.48. The van der Waals surface area contributed by atoms with Crippen LogP contribution in [0.4, 0.5) is 11.9 Å². The van der Waals surface area contributed by atoms with Crippen LogP contribution in [-0.2, 0) is 11.2 Å². The van der Waals surface area contributed by atoms with Crippen molar-refractivity contribution in [1.82, 2.24) is 15.0 Å². The molecule has 1 saturated heterocycles. The number of hydrogen-bond acceptors (Lipinski definition) is 7. The Hall–Kier alpha value is -1.47. The van der Waals surface area contributed by atoms with Gasteiger partial charge in [-0.05, 0) is 12.8 Å². The predicted octanol–water partition coefficient (Wildman–Crippen LogP) is 0.843. The van der Waals surface area contributed by atoms with Crippen molar-refractivity contribution in [3.05, 3.63) is 5.82 Å². The van der Waals surface area contributed by atoms with E-state index in [0.29, 0.717) is 25.1 Å². The van der Waals surface area contributed by atoms with Gasteiger partial charge in [-0.3, -0.25) is 0 Å². The highest BCUT2D eigenvalue weighted by Crippen LogP contribution is 2.14. The Labute approximate surface area is 125 Å². The Bertz CT molecular complexity index is 433. The number of aryl methyl sites for hydroxylation is 1. The molecule has 1 aromatic heterocycles. The smallest absolute Gasteiger partial charge is 0.230 e. The SMILES string of the molecule is CCCc1nc(NC(CC)CO)nc(N2CCOCC2)n1. The Morgan fingerprint density at radius 2 is 2.00 bits per heavy atom. The predicted molar refractivity (Wildman–Crippen MR) is 81.6 cm³/mol. The van der Waals surface area contributed by atoms with Crippen molar-refractivity contribution < 1.29 is 9.84 Å². The monoisotopic (exact) mass is 295 g/mol. The van der Waals surface area contributed by atoms with Gasteiger partial charge in [0.25, 0.3) is 0 Å². The highest BCUT2D eigenvalue weighted by Gasteiger charge is 2.17. The number of anilines is 2. The van der Waals surface area contributed by atoms with Gasteiger partial charge in [-0.2, -0.15) is 15.0 Å². The molecule has 1 aliphatic rings. The minimum atomic E-state index is -0.0283. The van der Waals surface area contributed by atoms with E-state index < -0.39 is 0 Å². The van der Waals surface area contributed by atoms with E-state index in [1.165, 1.54) is 0 Å². The van der Waals surface area contributed by atoms with Crippen LogP contribution < -0.4 is 10.2 Å². The number of aliphatic hydroxyl groups is 1. The number of nitrogens with one attached hydrogen (secondary N) is 1. The zero-order chi connectivity index (χ0) is 15.1. The summed E-state index contributed by atoms with van der Waals surface area (Å²) >= 11 is 0. The van der Waals surface area contributed by atoms with Crippen molar-refractivity contribution in [2.45, 2.75) is 39.2 Å². The maximum Gasteiger partial charge on any atom is 0.230 e. The van der Waals surface area contributed by atoms with Crippen LogP contribution in [0.1, 0.15) is 32.5 Å². The second-order valence-electron chi connectivity index (χ2n) is 5.16. The summed E-state index contributed by atoms with van der Waals surface area (Å²) in [6.45, 7) is 7.19. The van der Waals surface area contributed by atoms with Crippen molar-refractivity contribution in [2.24, 2.45) is 0 Å². The number of ether oxygens (including phenoxy) is 1. The molecule has 0 spiro atoms. The molecule has 1 aliphatic heterocycles. The number of nitrogens with zero attached hydrogens (tertiary/aromatic N) is 4. The molecule has 2 heterocycles. The van der Waals surface area contributed by atoms with Gasteiger partial charge < -0.3 is 20.1 Å². The third-order valence-electron chi connectivity index (χ3n) is 3.48. The van der Waals surface area contributed by atoms with Gasteiger partial charge in [0.2, 0.25) is 11.9 Å². The highest BCUT2D eigenvalue weighted by atomic mass is 16.5. The van der Waals surface area contributed by atoms with Crippen molar-refractivity contribution in [1.29, 1.82) is 0 Å². The summed E-state index contributed by atoms with van der Waals surface area (Å²) in [5.41, 5.74) is 0. The van der Waals surface area contributed by atoms with Crippen molar-refractivity contribution in [2.75, 3.05) is 43.1 Å². The van der Waals surface area contributed by atoms with Crippen LogP contribution in [0, 0.1) is 0 Å². The first kappa shape index (κ1) is 15.9. The minimum Gasteiger partial charge on any atom is -0.394 e. The second-order valence-corrected chi connectivity index (χ2v) is 5.16. The molecular weight excluding hydrogens is 270 g/mol. The molecule has 0 aromatic carbocycles. The molecule has 1 unspecified atom stereocenters. The van der Waals surface area contributed by atoms with Crippen LogP contribution in [0.25, 0.3) is 0 Å². The number of aromatic nitrogens is 3. The fraction of sp³-hybridized carbons (Fsp3) is 0.786. The average Bonchev–Trinajstić information content (AvgIpc) is 2.53. The van der Waals surface area contributed by atoms with E-state index in [0.717, 1.165) is 38.2 Å². The third kappa shape index (κ3) is 4.50. The fourth-order valence-corrected chi connectivity index (χ4v) is 2.17. The van der Waals surface area contributed by atoms with E-state index in [1.807, 2.05) is 6.92 Å². The first-order valence-electron chi connectivity index (χ1n) is 7.71. The van der Waals surface area contributed by atoms with Crippen molar-refractivity contribution in [3.8, 4) is 0 Å². The van der Waals surface area contributed by atoms with E-state index in [-0.39, 0.29) is 12.6 Å². The molecule has 0 amide bonds. The maximum absolute atomic E-state index is 9.32. The Morgan fingerprint density at radius 3 is 2.62 bits per heavy atom. The van der Waals surface area contributed by atoms with Crippen LogP contribution in [0.2, 0.25) is 0 Å². The average molecular weight is 295 g/mol. The highest BCUT2D eigenvalue weighted by molar-refractivity contribution is 5.38. The molecule has 0 aliphatic carbocycles. The Morgan fingerprint density at radius 1 is 1.24 bits per heavy atom. The lowest BCUT2D eigenvalue weighted by Crippen LogP contribution is -2.38. The first-order valence-corrected chi connectivity index (χ1v) is 7.71. The van der Waals surface area contributed by atoms with Gasteiger partial charge >= 0.3 is 0 Å². The molecule has 0 saturated carbocycles. The second kappa shape index (κ2) is 8.09. The molecule has 1 atom stereocenters. The van der Waals surface area contributed by atoms with Gasteiger partial charge in [0.15, 0.2) is 0 Å². The summed E-state index contributed by atoms with van der Waals surface area (Å²) in [5, 5.41) is 12.5. The van der Waals surface area contributed by atoms with E-state index >= 15 is 0 Å². The molecule has 118 valence electrons. The summed E-state index contributed by atoms with van der Waals surface area (Å²) in [7, 11) is 0. The summed E-state index contributed by atoms with van der Waals surface area (Å²) in [4.78, 5) is 15.6. The van der Waals surface area contributed by atoms with Crippen molar-refractivity contribution in [3.63, 3.8) is 0 Å². The largest absolute Gasteiger partial charge is 0.394 e. The van der Waals surface area contributed by atoms with Crippen LogP contribution in [0.15, 0.2) is 0 Å². The van der Waals surface area contributed by atoms with Gasteiger partial charge in [0.05, 0.1) is 25.9 Å². The summed E-state index contributed by atoms with van der Waals surface area (Å²) in [5.74, 6) is 2.05. The summed E-state index contributed by atoms with van der Waals surface area (Å²) in [6.07, 6.45) is 2.63. The van der Waals surface area contributed by atoms with Gasteiger partial charge in [-0.1, -0.05) is 13.8 Å². The zero-order valence-electron chi connectivity index (χ0n) is 12.9. The molecular formula is C14H25N5O2. The van der Waals surface area contributed by atoms with Gasteiger partial charge in [0, 0.05) is 19.5 Å². The molecule has 0 radical (unpaired) electrons.